The molecule has 2 rings (SSSR count). The smallest absolute Gasteiger partial charge is 0.0966 e. The summed E-state index contributed by atoms with van der Waals surface area (Å²) in [6, 6.07) is 0.396. The van der Waals surface area contributed by atoms with E-state index in [-0.39, 0.29) is 0 Å². The summed E-state index contributed by atoms with van der Waals surface area (Å²) in [5.74, 6) is 0. The van der Waals surface area contributed by atoms with E-state index < -0.39 is 0 Å². The van der Waals surface area contributed by atoms with Crippen LogP contribution in [-0.4, -0.2) is 39.0 Å². The van der Waals surface area contributed by atoms with Crippen molar-refractivity contribution >= 4 is 0 Å². The van der Waals surface area contributed by atoms with Crippen molar-refractivity contribution in [3.63, 3.8) is 0 Å². The lowest BCUT2D eigenvalue weighted by molar-refractivity contribution is 0.203. The second-order valence-electron chi connectivity index (χ2n) is 4.00. The summed E-state index contributed by atoms with van der Waals surface area (Å²) in [6.45, 7) is 3.07. The molecule has 0 aromatic carbocycles. The van der Waals surface area contributed by atoms with Gasteiger partial charge in [0.2, 0.25) is 0 Å². The van der Waals surface area contributed by atoms with Gasteiger partial charge in [0, 0.05) is 38.9 Å². The number of aryl methyl sites for hydroxylation is 1. The van der Waals surface area contributed by atoms with E-state index in [0.717, 1.165) is 38.2 Å². The Hall–Kier alpha value is -0.940. The number of nitrogens with two attached hydrogens (primary N) is 1. The normalized spacial score (nSPS) is 20.1. The fraction of sp³-hybridized carbons (Fsp3) is 0.778. The van der Waals surface area contributed by atoms with Gasteiger partial charge in [-0.25, -0.2) is 0 Å². The van der Waals surface area contributed by atoms with Crippen LogP contribution in [0.2, 0.25) is 0 Å². The molecule has 2 heterocycles. The maximum absolute atomic E-state index is 5.84. The average molecular weight is 195 g/mol. The van der Waals surface area contributed by atoms with Gasteiger partial charge in [-0.15, -0.1) is 5.10 Å². The zero-order valence-electron chi connectivity index (χ0n) is 8.56. The van der Waals surface area contributed by atoms with Crippen molar-refractivity contribution in [3.8, 4) is 0 Å². The topological polar surface area (TPSA) is 60.0 Å². The van der Waals surface area contributed by atoms with Crippen molar-refractivity contribution in [3.05, 3.63) is 11.9 Å². The van der Waals surface area contributed by atoms with E-state index in [2.05, 4.69) is 15.2 Å². The molecule has 1 aliphatic heterocycles. The van der Waals surface area contributed by atoms with E-state index in [1.807, 2.05) is 13.2 Å². The molecule has 0 saturated carbocycles. The standard InChI is InChI=1S/C9H17N5/c1-13-6-9(11-12-13)7-14-4-2-8(10)3-5-14/h6,8H,2-5,7,10H2,1H3. The van der Waals surface area contributed by atoms with E-state index in [0.29, 0.717) is 6.04 Å². The molecule has 5 nitrogen and oxygen atoms in total. The van der Waals surface area contributed by atoms with Crippen LogP contribution in [0.25, 0.3) is 0 Å². The predicted molar refractivity (Wildman–Crippen MR) is 53.5 cm³/mol. The molecule has 0 spiro atoms. The fourth-order valence-electron chi connectivity index (χ4n) is 1.81. The molecule has 1 aliphatic rings. The minimum atomic E-state index is 0.396. The fourth-order valence-corrected chi connectivity index (χ4v) is 1.81. The number of hydrogen-bond acceptors (Lipinski definition) is 4. The molecular formula is C9H17N5. The summed E-state index contributed by atoms with van der Waals surface area (Å²) in [5.41, 5.74) is 6.88. The minimum Gasteiger partial charge on any atom is -0.328 e. The molecule has 78 valence electrons. The molecule has 0 bridgehead atoms. The van der Waals surface area contributed by atoms with Crippen molar-refractivity contribution in [2.24, 2.45) is 12.8 Å². The van der Waals surface area contributed by atoms with Crippen molar-refractivity contribution in [1.29, 1.82) is 0 Å². The Labute approximate surface area is 83.9 Å². The van der Waals surface area contributed by atoms with Gasteiger partial charge in [-0.2, -0.15) is 0 Å². The summed E-state index contributed by atoms with van der Waals surface area (Å²) in [5, 5.41) is 7.98. The van der Waals surface area contributed by atoms with Crippen molar-refractivity contribution in [2.75, 3.05) is 13.1 Å². The number of aromatic nitrogens is 3. The maximum Gasteiger partial charge on any atom is 0.0966 e. The Kier molecular flexibility index (Phi) is 2.79. The zero-order valence-corrected chi connectivity index (χ0v) is 8.56. The van der Waals surface area contributed by atoms with Gasteiger partial charge < -0.3 is 5.73 Å². The molecule has 14 heavy (non-hydrogen) atoms. The van der Waals surface area contributed by atoms with Crippen LogP contribution in [-0.2, 0) is 13.6 Å². The lowest BCUT2D eigenvalue weighted by Gasteiger charge is -2.29. The molecule has 1 saturated heterocycles. The van der Waals surface area contributed by atoms with Crippen LogP contribution < -0.4 is 5.73 Å². The highest BCUT2D eigenvalue weighted by atomic mass is 15.4. The molecule has 0 unspecified atom stereocenters. The van der Waals surface area contributed by atoms with Crippen LogP contribution >= 0.6 is 0 Å². The summed E-state index contributed by atoms with van der Waals surface area (Å²) in [6.07, 6.45) is 4.16. The van der Waals surface area contributed by atoms with Crippen LogP contribution in [0.3, 0.4) is 0 Å². The van der Waals surface area contributed by atoms with E-state index in [1.165, 1.54) is 0 Å². The molecule has 1 fully saturated rings. The van der Waals surface area contributed by atoms with Gasteiger partial charge in [-0.1, -0.05) is 5.21 Å². The van der Waals surface area contributed by atoms with E-state index in [1.54, 1.807) is 4.68 Å². The van der Waals surface area contributed by atoms with E-state index in [9.17, 15) is 0 Å². The van der Waals surface area contributed by atoms with Crippen molar-refractivity contribution < 1.29 is 0 Å². The second kappa shape index (κ2) is 4.06. The van der Waals surface area contributed by atoms with Gasteiger partial charge in [0.25, 0.3) is 0 Å². The first kappa shape index (κ1) is 9.61. The Balaban J connectivity index is 1.86. The maximum atomic E-state index is 5.84. The second-order valence-corrected chi connectivity index (χ2v) is 4.00. The molecule has 2 N–H and O–H groups in total. The van der Waals surface area contributed by atoms with Crippen LogP contribution in [0.5, 0.6) is 0 Å². The summed E-state index contributed by atoms with van der Waals surface area (Å²) in [7, 11) is 1.89. The summed E-state index contributed by atoms with van der Waals surface area (Å²) < 4.78 is 1.74. The SMILES string of the molecule is Cn1cc(CN2CCC(N)CC2)nn1. The number of rotatable bonds is 2. The minimum absolute atomic E-state index is 0.396. The van der Waals surface area contributed by atoms with Gasteiger partial charge in [-0.05, 0) is 12.8 Å². The van der Waals surface area contributed by atoms with Gasteiger partial charge in [0.15, 0.2) is 0 Å². The first-order valence-electron chi connectivity index (χ1n) is 5.07. The van der Waals surface area contributed by atoms with Crippen LogP contribution in [0, 0.1) is 0 Å². The third-order valence-corrected chi connectivity index (χ3v) is 2.67. The average Bonchev–Trinajstić information content (AvgIpc) is 2.56. The highest BCUT2D eigenvalue weighted by Crippen LogP contribution is 2.10. The van der Waals surface area contributed by atoms with Gasteiger partial charge in [0.1, 0.15) is 0 Å². The molecular weight excluding hydrogens is 178 g/mol. The van der Waals surface area contributed by atoms with Crippen molar-refractivity contribution in [1.82, 2.24) is 19.9 Å². The number of hydrogen-bond donors (Lipinski definition) is 1. The highest BCUT2D eigenvalue weighted by molar-refractivity contribution is 4.92. The molecule has 5 heteroatoms. The van der Waals surface area contributed by atoms with Gasteiger partial charge >= 0.3 is 0 Å². The number of piperidine rings is 1. The van der Waals surface area contributed by atoms with Gasteiger partial charge in [0.05, 0.1) is 5.69 Å². The van der Waals surface area contributed by atoms with Crippen LogP contribution in [0.15, 0.2) is 6.20 Å². The van der Waals surface area contributed by atoms with Gasteiger partial charge in [-0.3, -0.25) is 9.58 Å². The summed E-state index contributed by atoms with van der Waals surface area (Å²) in [4.78, 5) is 2.38. The highest BCUT2D eigenvalue weighted by Gasteiger charge is 2.16. The number of nitrogens with zero attached hydrogens (tertiary/aromatic N) is 4. The molecule has 0 atom stereocenters. The Bertz CT molecular complexity index is 287. The van der Waals surface area contributed by atoms with E-state index in [4.69, 9.17) is 5.73 Å². The predicted octanol–water partition coefficient (Wildman–Crippen LogP) is -0.262. The van der Waals surface area contributed by atoms with E-state index >= 15 is 0 Å². The third-order valence-electron chi connectivity index (χ3n) is 2.67. The van der Waals surface area contributed by atoms with Crippen molar-refractivity contribution in [2.45, 2.75) is 25.4 Å². The molecule has 0 amide bonds. The van der Waals surface area contributed by atoms with Crippen LogP contribution in [0.1, 0.15) is 18.5 Å². The lowest BCUT2D eigenvalue weighted by atomic mass is 10.1. The molecule has 0 aliphatic carbocycles. The number of likely N-dealkylation sites (tertiary alicyclic amines) is 1. The third kappa shape index (κ3) is 2.30. The Morgan fingerprint density at radius 1 is 1.50 bits per heavy atom. The first-order chi connectivity index (χ1) is 6.74. The van der Waals surface area contributed by atoms with Crippen LogP contribution in [0.4, 0.5) is 0 Å². The Morgan fingerprint density at radius 3 is 2.79 bits per heavy atom. The molecule has 1 aromatic rings. The molecule has 1 aromatic heterocycles. The summed E-state index contributed by atoms with van der Waals surface area (Å²) >= 11 is 0. The zero-order chi connectivity index (χ0) is 9.97. The monoisotopic (exact) mass is 195 g/mol. The first-order valence-corrected chi connectivity index (χ1v) is 5.07. The quantitative estimate of drug-likeness (QED) is 0.706. The lowest BCUT2D eigenvalue weighted by Crippen LogP contribution is -2.39. The largest absolute Gasteiger partial charge is 0.328 e. The molecule has 0 radical (unpaired) electrons. The Morgan fingerprint density at radius 2 is 2.21 bits per heavy atom.